The van der Waals surface area contributed by atoms with Gasteiger partial charge in [-0.2, -0.15) is 0 Å². The number of anilines is 1. The molecule has 0 radical (unpaired) electrons. The first-order chi connectivity index (χ1) is 16.2. The van der Waals surface area contributed by atoms with E-state index in [4.69, 9.17) is 16.0 Å². The number of carboxylic acid groups (broad SMARTS) is 1. The standard InChI is InChI=1S/C25H23ClN4O3S/c1-15-13-18(16(2)30(15)21-11-9-20(10-12-21)29(3)4)14-22(24(31)32)34-25-28-27-23(33-25)17-5-7-19(26)8-6-17/h5-14H,1-4H3,(H,31,32)/b22-14+. The number of halogens is 1. The smallest absolute Gasteiger partial charge is 0.342 e. The van der Waals surface area contributed by atoms with Gasteiger partial charge in [-0.15, -0.1) is 10.2 Å². The van der Waals surface area contributed by atoms with Crippen LogP contribution in [-0.4, -0.2) is 39.9 Å². The third kappa shape index (κ3) is 5.03. The van der Waals surface area contributed by atoms with Crippen molar-refractivity contribution in [1.82, 2.24) is 14.8 Å². The van der Waals surface area contributed by atoms with E-state index in [0.29, 0.717) is 16.5 Å². The minimum atomic E-state index is -1.07. The van der Waals surface area contributed by atoms with Crippen LogP contribution in [0.2, 0.25) is 5.02 Å². The van der Waals surface area contributed by atoms with Crippen LogP contribution in [0.1, 0.15) is 17.0 Å². The van der Waals surface area contributed by atoms with Gasteiger partial charge in [0, 0.05) is 47.4 Å². The van der Waals surface area contributed by atoms with Gasteiger partial charge in [0.25, 0.3) is 5.22 Å². The van der Waals surface area contributed by atoms with Crippen molar-refractivity contribution in [2.45, 2.75) is 19.1 Å². The zero-order valence-electron chi connectivity index (χ0n) is 19.1. The van der Waals surface area contributed by atoms with E-state index in [1.54, 1.807) is 30.3 Å². The maximum absolute atomic E-state index is 12.0. The molecule has 174 valence electrons. The number of thioether (sulfide) groups is 1. The van der Waals surface area contributed by atoms with Crippen molar-refractivity contribution in [2.24, 2.45) is 0 Å². The summed E-state index contributed by atoms with van der Waals surface area (Å²) in [6.45, 7) is 3.96. The molecule has 0 atom stereocenters. The van der Waals surface area contributed by atoms with Gasteiger partial charge in [0.2, 0.25) is 5.89 Å². The number of nitrogens with zero attached hydrogens (tertiary/aromatic N) is 4. The van der Waals surface area contributed by atoms with Gasteiger partial charge >= 0.3 is 5.97 Å². The fraction of sp³-hybridized carbons (Fsp3) is 0.160. The van der Waals surface area contributed by atoms with E-state index in [1.807, 2.05) is 51.0 Å². The van der Waals surface area contributed by atoms with Gasteiger partial charge in [0.05, 0.1) is 0 Å². The van der Waals surface area contributed by atoms with Gasteiger partial charge in [-0.3, -0.25) is 0 Å². The monoisotopic (exact) mass is 494 g/mol. The van der Waals surface area contributed by atoms with Crippen LogP contribution in [0.25, 0.3) is 23.2 Å². The number of aromatic nitrogens is 3. The first-order valence-electron chi connectivity index (χ1n) is 10.4. The van der Waals surface area contributed by atoms with Crippen LogP contribution in [0.4, 0.5) is 5.69 Å². The molecule has 0 spiro atoms. The van der Waals surface area contributed by atoms with Crippen molar-refractivity contribution in [2.75, 3.05) is 19.0 Å². The molecule has 0 saturated heterocycles. The summed E-state index contributed by atoms with van der Waals surface area (Å²) in [6, 6.07) is 17.1. The molecule has 34 heavy (non-hydrogen) atoms. The average Bonchev–Trinajstić information content (AvgIpc) is 3.38. The number of hydrogen-bond acceptors (Lipinski definition) is 6. The summed E-state index contributed by atoms with van der Waals surface area (Å²) in [4.78, 5) is 14.1. The number of rotatable bonds is 7. The summed E-state index contributed by atoms with van der Waals surface area (Å²) < 4.78 is 7.77. The Kier molecular flexibility index (Phi) is 6.81. The lowest BCUT2D eigenvalue weighted by atomic mass is 10.2. The fourth-order valence-electron chi connectivity index (χ4n) is 3.56. The second-order valence-corrected chi connectivity index (χ2v) is 9.30. The number of benzene rings is 2. The average molecular weight is 495 g/mol. The Labute approximate surface area is 206 Å². The Balaban J connectivity index is 1.62. The van der Waals surface area contributed by atoms with Crippen molar-refractivity contribution in [3.63, 3.8) is 0 Å². The summed E-state index contributed by atoms with van der Waals surface area (Å²) in [5, 5.41) is 18.6. The molecule has 0 aliphatic heterocycles. The van der Waals surface area contributed by atoms with Gasteiger partial charge < -0.3 is 19.0 Å². The molecule has 4 aromatic rings. The highest BCUT2D eigenvalue weighted by molar-refractivity contribution is 8.03. The first-order valence-corrected chi connectivity index (χ1v) is 11.6. The maximum atomic E-state index is 12.0. The van der Waals surface area contributed by atoms with Crippen LogP contribution in [0.3, 0.4) is 0 Å². The lowest BCUT2D eigenvalue weighted by molar-refractivity contribution is -0.131. The fourth-order valence-corrected chi connectivity index (χ4v) is 4.35. The molecule has 4 rings (SSSR count). The molecule has 2 aromatic heterocycles. The number of carboxylic acids is 1. The quantitative estimate of drug-likeness (QED) is 0.246. The predicted octanol–water partition coefficient (Wildman–Crippen LogP) is 6.08. The van der Waals surface area contributed by atoms with Crippen molar-refractivity contribution < 1.29 is 14.3 Å². The number of aliphatic carboxylic acids is 1. The number of carbonyl (C=O) groups is 1. The predicted molar refractivity (Wildman–Crippen MR) is 136 cm³/mol. The molecule has 0 aliphatic carbocycles. The molecule has 0 amide bonds. The highest BCUT2D eigenvalue weighted by atomic mass is 35.5. The molecule has 2 aromatic carbocycles. The van der Waals surface area contributed by atoms with Gasteiger partial charge in [-0.1, -0.05) is 11.6 Å². The SMILES string of the molecule is Cc1cc(/C=C(/Sc2nnc(-c3ccc(Cl)cc3)o2)C(=O)O)c(C)n1-c1ccc(N(C)C)cc1. The van der Waals surface area contributed by atoms with E-state index in [9.17, 15) is 9.90 Å². The molecule has 1 N–H and O–H groups in total. The molecular weight excluding hydrogens is 472 g/mol. The summed E-state index contributed by atoms with van der Waals surface area (Å²) in [6.07, 6.45) is 1.63. The molecule has 0 fully saturated rings. The third-order valence-corrected chi connectivity index (χ3v) is 6.39. The molecule has 2 heterocycles. The van der Waals surface area contributed by atoms with Crippen LogP contribution in [0, 0.1) is 13.8 Å². The lowest BCUT2D eigenvalue weighted by Gasteiger charge is -2.14. The zero-order valence-corrected chi connectivity index (χ0v) is 20.7. The normalized spacial score (nSPS) is 11.6. The molecule has 0 saturated carbocycles. The Morgan fingerprint density at radius 1 is 1.09 bits per heavy atom. The van der Waals surface area contributed by atoms with E-state index in [2.05, 4.69) is 26.9 Å². The second-order valence-electron chi connectivity index (χ2n) is 7.87. The Morgan fingerprint density at radius 2 is 1.76 bits per heavy atom. The topological polar surface area (TPSA) is 84.4 Å². The summed E-state index contributed by atoms with van der Waals surface area (Å²) in [5.74, 6) is -0.778. The first kappa shape index (κ1) is 23.7. The Bertz CT molecular complexity index is 1360. The Hall–Kier alpha value is -3.49. The largest absolute Gasteiger partial charge is 0.477 e. The molecule has 0 unspecified atom stereocenters. The molecule has 0 aliphatic rings. The summed E-state index contributed by atoms with van der Waals surface area (Å²) in [5.41, 5.74) is 5.55. The maximum Gasteiger partial charge on any atom is 0.342 e. The Morgan fingerprint density at radius 3 is 2.38 bits per heavy atom. The van der Waals surface area contributed by atoms with E-state index < -0.39 is 5.97 Å². The highest BCUT2D eigenvalue weighted by Crippen LogP contribution is 2.32. The van der Waals surface area contributed by atoms with Gasteiger partial charge in [0.15, 0.2) is 0 Å². The van der Waals surface area contributed by atoms with Gasteiger partial charge in [0.1, 0.15) is 4.91 Å². The molecule has 9 heteroatoms. The second kappa shape index (κ2) is 9.79. The van der Waals surface area contributed by atoms with Gasteiger partial charge in [-0.05, 0) is 91.8 Å². The van der Waals surface area contributed by atoms with Crippen molar-refractivity contribution in [3.8, 4) is 17.1 Å². The third-order valence-electron chi connectivity index (χ3n) is 5.29. The highest BCUT2D eigenvalue weighted by Gasteiger charge is 2.18. The van der Waals surface area contributed by atoms with E-state index in [-0.39, 0.29) is 10.1 Å². The van der Waals surface area contributed by atoms with Crippen LogP contribution < -0.4 is 4.90 Å². The minimum absolute atomic E-state index is 0.0783. The minimum Gasteiger partial charge on any atom is -0.477 e. The van der Waals surface area contributed by atoms with Gasteiger partial charge in [-0.25, -0.2) is 4.79 Å². The number of aryl methyl sites for hydroxylation is 1. The summed E-state index contributed by atoms with van der Waals surface area (Å²) in [7, 11) is 3.99. The van der Waals surface area contributed by atoms with Crippen LogP contribution in [0.5, 0.6) is 0 Å². The van der Waals surface area contributed by atoms with E-state index >= 15 is 0 Å². The van der Waals surface area contributed by atoms with Crippen molar-refractivity contribution >= 4 is 41.1 Å². The van der Waals surface area contributed by atoms with Crippen LogP contribution in [-0.2, 0) is 4.79 Å². The summed E-state index contributed by atoms with van der Waals surface area (Å²) >= 11 is 6.84. The lowest BCUT2D eigenvalue weighted by Crippen LogP contribution is -2.08. The van der Waals surface area contributed by atoms with E-state index in [1.165, 1.54) is 0 Å². The van der Waals surface area contributed by atoms with Crippen molar-refractivity contribution in [3.05, 3.63) is 81.5 Å². The molecule has 7 nitrogen and oxygen atoms in total. The van der Waals surface area contributed by atoms with Crippen molar-refractivity contribution in [1.29, 1.82) is 0 Å². The van der Waals surface area contributed by atoms with Crippen LogP contribution in [0.15, 0.2) is 69.1 Å². The van der Waals surface area contributed by atoms with E-state index in [0.717, 1.165) is 40.1 Å². The molecular formula is C25H23ClN4O3S. The molecule has 0 bridgehead atoms. The van der Waals surface area contributed by atoms with Crippen LogP contribution >= 0.6 is 23.4 Å². The number of hydrogen-bond donors (Lipinski definition) is 1. The zero-order chi connectivity index (χ0) is 24.4.